The van der Waals surface area contributed by atoms with Gasteiger partial charge in [-0.15, -0.1) is 0 Å². The molecule has 1 atom stereocenters. The van der Waals surface area contributed by atoms with Gasteiger partial charge in [-0.2, -0.15) is 11.8 Å². The van der Waals surface area contributed by atoms with Crippen LogP contribution in [0.4, 0.5) is 0 Å². The van der Waals surface area contributed by atoms with Crippen LogP contribution in [-0.2, 0) is 0 Å². The SMILES string of the molecule is COc1ccc(C(C)CSC)cc1OC. The predicted octanol–water partition coefficient (Wildman–Crippen LogP) is 3.17. The summed E-state index contributed by atoms with van der Waals surface area (Å²) in [5.41, 5.74) is 1.29. The highest BCUT2D eigenvalue weighted by Gasteiger charge is 2.09. The van der Waals surface area contributed by atoms with Crippen molar-refractivity contribution in [1.29, 1.82) is 0 Å². The first-order chi connectivity index (χ1) is 7.22. The molecule has 1 aromatic rings. The zero-order valence-corrected chi connectivity index (χ0v) is 10.6. The lowest BCUT2D eigenvalue weighted by Crippen LogP contribution is -1.98. The Bertz CT molecular complexity index is 312. The number of rotatable bonds is 5. The fraction of sp³-hybridized carbons (Fsp3) is 0.500. The summed E-state index contributed by atoms with van der Waals surface area (Å²) in [5, 5.41) is 0. The Balaban J connectivity index is 2.92. The Morgan fingerprint density at radius 3 is 2.40 bits per heavy atom. The molecule has 0 aliphatic heterocycles. The normalized spacial score (nSPS) is 12.3. The predicted molar refractivity (Wildman–Crippen MR) is 66.3 cm³/mol. The van der Waals surface area contributed by atoms with E-state index < -0.39 is 0 Å². The van der Waals surface area contributed by atoms with Crippen molar-refractivity contribution in [3.8, 4) is 11.5 Å². The maximum Gasteiger partial charge on any atom is 0.160 e. The second-order valence-corrected chi connectivity index (χ2v) is 4.38. The van der Waals surface area contributed by atoms with Gasteiger partial charge in [0.05, 0.1) is 14.2 Å². The Morgan fingerprint density at radius 2 is 1.87 bits per heavy atom. The van der Waals surface area contributed by atoms with Gasteiger partial charge < -0.3 is 9.47 Å². The number of hydrogen-bond donors (Lipinski definition) is 0. The molecule has 1 unspecified atom stereocenters. The zero-order chi connectivity index (χ0) is 11.3. The second kappa shape index (κ2) is 5.91. The molecule has 0 N–H and O–H groups in total. The van der Waals surface area contributed by atoms with Crippen molar-refractivity contribution in [2.24, 2.45) is 0 Å². The van der Waals surface area contributed by atoms with E-state index in [1.54, 1.807) is 14.2 Å². The maximum absolute atomic E-state index is 5.27. The van der Waals surface area contributed by atoms with Crippen molar-refractivity contribution in [3.05, 3.63) is 23.8 Å². The third-order valence-corrected chi connectivity index (χ3v) is 3.23. The lowest BCUT2D eigenvalue weighted by Gasteiger charge is -2.13. The molecule has 1 rings (SSSR count). The molecule has 0 saturated heterocycles. The van der Waals surface area contributed by atoms with Crippen LogP contribution >= 0.6 is 11.8 Å². The summed E-state index contributed by atoms with van der Waals surface area (Å²) in [6.45, 7) is 2.22. The first-order valence-corrected chi connectivity index (χ1v) is 6.33. The molecular formula is C12H18O2S. The van der Waals surface area contributed by atoms with Crippen molar-refractivity contribution >= 4 is 11.8 Å². The summed E-state index contributed by atoms with van der Waals surface area (Å²) in [7, 11) is 3.32. The summed E-state index contributed by atoms with van der Waals surface area (Å²) in [4.78, 5) is 0. The summed E-state index contributed by atoms with van der Waals surface area (Å²) in [5.74, 6) is 3.26. The Kier molecular flexibility index (Phi) is 4.82. The van der Waals surface area contributed by atoms with E-state index in [1.807, 2.05) is 17.8 Å². The van der Waals surface area contributed by atoms with Crippen LogP contribution in [0.15, 0.2) is 18.2 Å². The molecule has 0 aliphatic rings. The van der Waals surface area contributed by atoms with E-state index in [1.165, 1.54) is 5.56 Å². The quantitative estimate of drug-likeness (QED) is 0.768. The number of thioether (sulfide) groups is 1. The monoisotopic (exact) mass is 226 g/mol. The van der Waals surface area contributed by atoms with E-state index in [4.69, 9.17) is 9.47 Å². The summed E-state index contributed by atoms with van der Waals surface area (Å²) >= 11 is 1.86. The Hall–Kier alpha value is -0.830. The van der Waals surface area contributed by atoms with Gasteiger partial charge in [0.1, 0.15) is 0 Å². The Labute approximate surface area is 96.0 Å². The van der Waals surface area contributed by atoms with Gasteiger partial charge in [-0.1, -0.05) is 13.0 Å². The van der Waals surface area contributed by atoms with Crippen molar-refractivity contribution in [3.63, 3.8) is 0 Å². The van der Waals surface area contributed by atoms with Crippen molar-refractivity contribution in [2.45, 2.75) is 12.8 Å². The van der Waals surface area contributed by atoms with Crippen LogP contribution < -0.4 is 9.47 Å². The molecule has 84 valence electrons. The summed E-state index contributed by atoms with van der Waals surface area (Å²) in [6, 6.07) is 6.12. The highest BCUT2D eigenvalue weighted by molar-refractivity contribution is 7.98. The summed E-state index contributed by atoms with van der Waals surface area (Å²) in [6.07, 6.45) is 2.12. The molecule has 1 aromatic carbocycles. The van der Waals surface area contributed by atoms with E-state index in [0.29, 0.717) is 5.92 Å². The minimum Gasteiger partial charge on any atom is -0.493 e. The van der Waals surface area contributed by atoms with E-state index in [9.17, 15) is 0 Å². The molecule has 0 spiro atoms. The van der Waals surface area contributed by atoms with Crippen molar-refractivity contribution < 1.29 is 9.47 Å². The highest BCUT2D eigenvalue weighted by Crippen LogP contribution is 2.31. The number of methoxy groups -OCH3 is 2. The average molecular weight is 226 g/mol. The van der Waals surface area contributed by atoms with Crippen molar-refractivity contribution in [2.75, 3.05) is 26.2 Å². The minimum atomic E-state index is 0.541. The van der Waals surface area contributed by atoms with Gasteiger partial charge in [-0.05, 0) is 35.6 Å². The first kappa shape index (κ1) is 12.2. The van der Waals surface area contributed by atoms with Crippen LogP contribution in [0.1, 0.15) is 18.4 Å². The number of benzene rings is 1. The van der Waals surface area contributed by atoms with Gasteiger partial charge in [0.25, 0.3) is 0 Å². The van der Waals surface area contributed by atoms with Gasteiger partial charge >= 0.3 is 0 Å². The molecule has 3 heteroatoms. The molecule has 0 radical (unpaired) electrons. The number of hydrogen-bond acceptors (Lipinski definition) is 3. The molecule has 0 bridgehead atoms. The lowest BCUT2D eigenvalue weighted by molar-refractivity contribution is 0.354. The zero-order valence-electron chi connectivity index (χ0n) is 9.74. The molecule has 0 aromatic heterocycles. The molecule has 0 saturated carbocycles. The fourth-order valence-corrected chi connectivity index (χ4v) is 2.20. The van der Waals surface area contributed by atoms with E-state index >= 15 is 0 Å². The van der Waals surface area contributed by atoms with Gasteiger partial charge in [0.2, 0.25) is 0 Å². The van der Waals surface area contributed by atoms with Crippen LogP contribution in [0.5, 0.6) is 11.5 Å². The minimum absolute atomic E-state index is 0.541. The molecule has 0 aliphatic carbocycles. The molecule has 0 heterocycles. The Morgan fingerprint density at radius 1 is 1.20 bits per heavy atom. The highest BCUT2D eigenvalue weighted by atomic mass is 32.2. The largest absolute Gasteiger partial charge is 0.493 e. The van der Waals surface area contributed by atoms with E-state index in [-0.39, 0.29) is 0 Å². The standard InChI is InChI=1S/C12H18O2S/c1-9(8-15-4)10-5-6-11(13-2)12(7-10)14-3/h5-7,9H,8H2,1-4H3. The van der Waals surface area contributed by atoms with Crippen LogP contribution in [0, 0.1) is 0 Å². The van der Waals surface area contributed by atoms with Crippen LogP contribution in [-0.4, -0.2) is 26.2 Å². The van der Waals surface area contributed by atoms with Gasteiger partial charge in [0.15, 0.2) is 11.5 Å². The molecule has 2 nitrogen and oxygen atoms in total. The van der Waals surface area contributed by atoms with Crippen LogP contribution in [0.3, 0.4) is 0 Å². The first-order valence-electron chi connectivity index (χ1n) is 4.93. The summed E-state index contributed by atoms with van der Waals surface area (Å²) < 4.78 is 10.5. The molecule has 15 heavy (non-hydrogen) atoms. The van der Waals surface area contributed by atoms with Crippen molar-refractivity contribution in [1.82, 2.24) is 0 Å². The topological polar surface area (TPSA) is 18.5 Å². The molecular weight excluding hydrogens is 208 g/mol. The number of ether oxygens (including phenoxy) is 2. The second-order valence-electron chi connectivity index (χ2n) is 3.47. The maximum atomic E-state index is 5.27. The van der Waals surface area contributed by atoms with Gasteiger partial charge in [-0.3, -0.25) is 0 Å². The average Bonchev–Trinajstić information content (AvgIpc) is 2.28. The van der Waals surface area contributed by atoms with Gasteiger partial charge in [-0.25, -0.2) is 0 Å². The van der Waals surface area contributed by atoms with Crippen LogP contribution in [0.2, 0.25) is 0 Å². The van der Waals surface area contributed by atoms with Crippen LogP contribution in [0.25, 0.3) is 0 Å². The third kappa shape index (κ3) is 3.06. The fourth-order valence-electron chi connectivity index (χ4n) is 1.51. The van der Waals surface area contributed by atoms with E-state index in [0.717, 1.165) is 17.3 Å². The van der Waals surface area contributed by atoms with E-state index in [2.05, 4.69) is 25.3 Å². The molecule has 0 amide bonds. The molecule has 0 fully saturated rings. The third-order valence-electron chi connectivity index (χ3n) is 2.39. The smallest absolute Gasteiger partial charge is 0.160 e. The van der Waals surface area contributed by atoms with Gasteiger partial charge in [0, 0.05) is 0 Å². The lowest BCUT2D eigenvalue weighted by atomic mass is 10.0.